The zero-order valence-corrected chi connectivity index (χ0v) is 48.7. The Morgan fingerprint density at radius 1 is 0.265 bits per heavy atom. The van der Waals surface area contributed by atoms with Crippen molar-refractivity contribution in [3.8, 4) is 67.0 Å². The zero-order chi connectivity index (χ0) is 56.3. The van der Waals surface area contributed by atoms with E-state index in [1.54, 1.807) is 22.3 Å². The number of rotatable bonds is 6. The van der Waals surface area contributed by atoms with E-state index in [2.05, 4.69) is 135 Å². The van der Waals surface area contributed by atoms with Crippen molar-refractivity contribution in [1.82, 2.24) is 0 Å². The Labute approximate surface area is 492 Å². The van der Waals surface area contributed by atoms with Crippen LogP contribution in [-0.4, -0.2) is 26.4 Å². The van der Waals surface area contributed by atoms with E-state index in [0.29, 0.717) is 0 Å². The van der Waals surface area contributed by atoms with Gasteiger partial charge in [-0.1, -0.05) is 188 Å². The molecule has 9 aromatic rings. The summed E-state index contributed by atoms with van der Waals surface area (Å²) in [5.41, 5.74) is 31.5. The van der Waals surface area contributed by atoms with Crippen molar-refractivity contribution in [3.05, 3.63) is 259 Å². The first-order valence-electron chi connectivity index (χ1n) is 30.8. The summed E-state index contributed by atoms with van der Waals surface area (Å²) in [6.07, 6.45) is 17.3. The van der Waals surface area contributed by atoms with Crippen LogP contribution in [0.4, 0.5) is 0 Å². The fraction of sp³-hybridized carbons (Fsp3) is 0.295. The zero-order valence-electron chi connectivity index (χ0n) is 48.7. The van der Waals surface area contributed by atoms with E-state index in [-0.39, 0.29) is 5.63 Å². The van der Waals surface area contributed by atoms with Crippen LogP contribution in [0.1, 0.15) is 114 Å². The van der Waals surface area contributed by atoms with Gasteiger partial charge in [-0.2, -0.15) is 0 Å². The summed E-state index contributed by atoms with van der Waals surface area (Å²) in [5.74, 6) is 0.755. The predicted molar refractivity (Wildman–Crippen MR) is 341 cm³/mol. The fourth-order valence-electron chi connectivity index (χ4n) is 13.9. The van der Waals surface area contributed by atoms with Gasteiger partial charge in [0.2, 0.25) is 0 Å². The Balaban J connectivity index is 0.000000115. The predicted octanol–water partition coefficient (Wildman–Crippen LogP) is 18.5. The third-order valence-electron chi connectivity index (χ3n) is 18.0. The molecule has 0 saturated carbocycles. The molecular formula is C78H78O5. The van der Waals surface area contributed by atoms with Gasteiger partial charge in [-0.3, -0.25) is 0 Å². The first kappa shape index (κ1) is 55.8. The van der Waals surface area contributed by atoms with Crippen molar-refractivity contribution in [2.45, 2.75) is 123 Å². The molecule has 4 heterocycles. The molecule has 3 aliphatic heterocycles. The smallest absolute Gasteiger partial charge is 0.344 e. The van der Waals surface area contributed by atoms with Gasteiger partial charge in [-0.15, -0.1) is 0 Å². The van der Waals surface area contributed by atoms with Crippen LogP contribution >= 0.6 is 0 Å². The number of hydrogen-bond acceptors (Lipinski definition) is 5. The number of ether oxygens (including phenoxy) is 3. The maximum Gasteiger partial charge on any atom is 0.344 e. The van der Waals surface area contributed by atoms with Crippen LogP contribution in [0.2, 0.25) is 0 Å². The molecule has 0 radical (unpaired) electrons. The number of benzene rings is 8. The lowest BCUT2D eigenvalue weighted by atomic mass is 9.75. The van der Waals surface area contributed by atoms with Gasteiger partial charge in [0.15, 0.2) is 0 Å². The monoisotopic (exact) mass is 1090 g/mol. The minimum Gasteiger partial charge on any atom is -0.422 e. The van der Waals surface area contributed by atoms with Gasteiger partial charge in [0, 0.05) is 5.56 Å². The van der Waals surface area contributed by atoms with Gasteiger partial charge < -0.3 is 18.6 Å². The Kier molecular flexibility index (Phi) is 18.0. The molecule has 8 aromatic carbocycles. The van der Waals surface area contributed by atoms with Gasteiger partial charge >= 0.3 is 5.63 Å². The molecule has 6 aliphatic rings. The van der Waals surface area contributed by atoms with E-state index in [9.17, 15) is 4.79 Å². The second-order valence-electron chi connectivity index (χ2n) is 23.2. The SMILES string of the molecule is CC1=C(C)COCC1.O=c1oc(-c2ccccc2)c2c(c1-c1ccccc1)CCCC2.c1ccc(-c2c3c(c(-c4ccccc4)c4c2CCOC4)CCCC3)cc1.c1ccc(-c2c3c(c(-c4ccccc4)c4c2CCOC4)CCCC3)cc1. The Bertz CT molecular complexity index is 3350. The highest BCUT2D eigenvalue weighted by Crippen LogP contribution is 2.47. The second-order valence-corrected chi connectivity index (χ2v) is 23.2. The van der Waals surface area contributed by atoms with E-state index in [4.69, 9.17) is 18.6 Å². The number of fused-ring (bicyclic) bond motifs is 5. The third-order valence-corrected chi connectivity index (χ3v) is 18.0. The maximum atomic E-state index is 12.7. The maximum absolute atomic E-state index is 12.7. The van der Waals surface area contributed by atoms with E-state index >= 15 is 0 Å². The van der Waals surface area contributed by atoms with Crippen LogP contribution in [0.15, 0.2) is 202 Å². The van der Waals surface area contributed by atoms with Crippen molar-refractivity contribution in [1.29, 1.82) is 0 Å². The molecular weight excluding hydrogens is 1020 g/mol. The van der Waals surface area contributed by atoms with Crippen LogP contribution in [0, 0.1) is 0 Å². The topological polar surface area (TPSA) is 57.9 Å². The van der Waals surface area contributed by atoms with E-state index < -0.39 is 0 Å². The largest absolute Gasteiger partial charge is 0.422 e. The van der Waals surface area contributed by atoms with Gasteiger partial charge in [0.05, 0.1) is 45.2 Å². The van der Waals surface area contributed by atoms with E-state index in [0.717, 1.165) is 107 Å². The summed E-state index contributed by atoms with van der Waals surface area (Å²) in [7, 11) is 0. The first-order valence-corrected chi connectivity index (χ1v) is 30.8. The quantitative estimate of drug-likeness (QED) is 0.155. The number of hydrogen-bond donors (Lipinski definition) is 0. The van der Waals surface area contributed by atoms with Crippen LogP contribution in [0.25, 0.3) is 67.0 Å². The highest BCUT2D eigenvalue weighted by molar-refractivity contribution is 5.86. The van der Waals surface area contributed by atoms with Gasteiger partial charge in [0.1, 0.15) is 5.76 Å². The minimum absolute atomic E-state index is 0.226. The van der Waals surface area contributed by atoms with Crippen molar-refractivity contribution < 1.29 is 18.6 Å². The summed E-state index contributed by atoms with van der Waals surface area (Å²) >= 11 is 0. The van der Waals surface area contributed by atoms with Crippen LogP contribution in [-0.2, 0) is 78.8 Å². The lowest BCUT2D eigenvalue weighted by Crippen LogP contribution is -2.18. The molecule has 0 amide bonds. The fourth-order valence-corrected chi connectivity index (χ4v) is 13.9. The van der Waals surface area contributed by atoms with E-state index in [1.165, 1.54) is 140 Å². The van der Waals surface area contributed by atoms with Crippen LogP contribution < -0.4 is 5.63 Å². The lowest BCUT2D eigenvalue weighted by molar-refractivity contribution is 0.111. The minimum atomic E-state index is -0.226. The Hall–Kier alpha value is -7.67. The standard InChI is InChI=1S/2C25H24O.C21H18O2.C7H12O/c2*1-3-9-18(10-4-1)24-20-13-7-8-14-21(20)25(19-11-5-2-6-12-19)23-17-26-16-15-22(23)24;22-21-19(15-9-3-1-4-10-15)17-13-7-8-14-18(17)20(23-21)16-11-5-2-6-12-16;1-6-3-4-8-5-7(6)2/h2*1-6,9-12H,7-8,13-17H2;1-6,9-12H,7-8,13-14H2;3-5H2,1-2H3. The van der Waals surface area contributed by atoms with Crippen molar-refractivity contribution in [2.75, 3.05) is 26.4 Å². The molecule has 0 fully saturated rings. The van der Waals surface area contributed by atoms with Gasteiger partial charge in [0.25, 0.3) is 0 Å². The summed E-state index contributed by atoms with van der Waals surface area (Å²) in [5, 5.41) is 0. The average molecular weight is 1100 g/mol. The molecule has 1 aromatic heterocycles. The molecule has 0 N–H and O–H groups in total. The van der Waals surface area contributed by atoms with Crippen molar-refractivity contribution in [2.24, 2.45) is 0 Å². The highest BCUT2D eigenvalue weighted by atomic mass is 16.5. The summed E-state index contributed by atoms with van der Waals surface area (Å²) in [4.78, 5) is 12.7. The van der Waals surface area contributed by atoms with E-state index in [1.807, 2.05) is 60.7 Å². The molecule has 0 bridgehead atoms. The third kappa shape index (κ3) is 12.2. The Morgan fingerprint density at radius 2 is 0.542 bits per heavy atom. The molecule has 83 heavy (non-hydrogen) atoms. The first-order chi connectivity index (χ1) is 41.0. The van der Waals surface area contributed by atoms with Gasteiger partial charge in [-0.05, 0) is 221 Å². The lowest BCUT2D eigenvalue weighted by Gasteiger charge is -2.31. The average Bonchev–Trinajstić information content (AvgIpc) is 2.69. The molecule has 420 valence electrons. The van der Waals surface area contributed by atoms with Gasteiger partial charge in [-0.25, -0.2) is 4.79 Å². The molecule has 3 aliphatic carbocycles. The summed E-state index contributed by atoms with van der Waals surface area (Å²) < 4.78 is 22.9. The molecule has 0 spiro atoms. The molecule has 5 nitrogen and oxygen atoms in total. The second kappa shape index (κ2) is 26.7. The van der Waals surface area contributed by atoms with Crippen LogP contribution in [0.5, 0.6) is 0 Å². The molecule has 0 atom stereocenters. The van der Waals surface area contributed by atoms with Crippen molar-refractivity contribution in [3.63, 3.8) is 0 Å². The molecule has 0 saturated heterocycles. The Morgan fingerprint density at radius 3 is 0.880 bits per heavy atom. The normalized spacial score (nSPS) is 15.9. The molecule has 5 heteroatoms. The molecule has 15 rings (SSSR count). The summed E-state index contributed by atoms with van der Waals surface area (Å²) in [6, 6.07) is 63.8. The van der Waals surface area contributed by atoms with Crippen molar-refractivity contribution >= 4 is 0 Å². The summed E-state index contributed by atoms with van der Waals surface area (Å²) in [6.45, 7) is 9.24. The highest BCUT2D eigenvalue weighted by Gasteiger charge is 2.30. The molecule has 0 unspecified atom stereocenters. The van der Waals surface area contributed by atoms with Crippen LogP contribution in [0.3, 0.4) is 0 Å².